The maximum atomic E-state index is 13.8. The minimum Gasteiger partial charge on any atom is -0.497 e. The van der Waals surface area contributed by atoms with Crippen LogP contribution in [0, 0.1) is 0 Å². The fourth-order valence-electron chi connectivity index (χ4n) is 4.44. The Labute approximate surface area is 219 Å². The highest BCUT2D eigenvalue weighted by Gasteiger charge is 2.18. The number of rotatable bonds is 7. The third-order valence-electron chi connectivity index (χ3n) is 6.33. The lowest BCUT2D eigenvalue weighted by Crippen LogP contribution is -2.24. The van der Waals surface area contributed by atoms with Crippen molar-refractivity contribution in [3.05, 3.63) is 111 Å². The normalized spacial score (nSPS) is 11.0. The number of hydrogen-bond donors (Lipinski definition) is 1. The van der Waals surface area contributed by atoms with Crippen LogP contribution in [-0.2, 0) is 13.1 Å². The average Bonchev–Trinajstić information content (AvgIpc) is 2.94. The van der Waals surface area contributed by atoms with Crippen molar-refractivity contribution in [2.45, 2.75) is 13.1 Å². The summed E-state index contributed by atoms with van der Waals surface area (Å²) in [5.41, 5.74) is 10.8. The van der Waals surface area contributed by atoms with Gasteiger partial charge >= 0.3 is 0 Å². The number of halogens is 1. The molecule has 0 bridgehead atoms. The first kappa shape index (κ1) is 24.6. The van der Waals surface area contributed by atoms with Gasteiger partial charge in [0.1, 0.15) is 17.3 Å². The molecule has 0 saturated carbocycles. The van der Waals surface area contributed by atoms with Gasteiger partial charge < -0.3 is 15.2 Å². The number of hydrogen-bond acceptors (Lipinski definition) is 5. The second kappa shape index (κ2) is 10.5. The molecule has 0 aliphatic heterocycles. The summed E-state index contributed by atoms with van der Waals surface area (Å²) in [6, 6.07) is 26.7. The summed E-state index contributed by atoms with van der Waals surface area (Å²) in [4.78, 5) is 18.6. The Morgan fingerprint density at radius 3 is 2.43 bits per heavy atom. The van der Waals surface area contributed by atoms with Crippen molar-refractivity contribution < 1.29 is 9.47 Å². The summed E-state index contributed by atoms with van der Waals surface area (Å²) < 4.78 is 12.9. The molecule has 0 fully saturated rings. The molecule has 37 heavy (non-hydrogen) atoms. The number of ether oxygens (including phenoxy) is 2. The van der Waals surface area contributed by atoms with Gasteiger partial charge in [-0.1, -0.05) is 54.1 Å². The molecule has 1 heterocycles. The van der Waals surface area contributed by atoms with E-state index in [-0.39, 0.29) is 5.56 Å². The Kier molecular flexibility index (Phi) is 6.95. The Hall–Kier alpha value is -4.13. The first-order chi connectivity index (χ1) is 18.0. The quantitative estimate of drug-likeness (QED) is 0.294. The molecule has 0 aliphatic carbocycles. The van der Waals surface area contributed by atoms with Crippen molar-refractivity contribution >= 4 is 22.5 Å². The third kappa shape index (κ3) is 4.94. The topological polar surface area (TPSA) is 79.4 Å². The van der Waals surface area contributed by atoms with Crippen molar-refractivity contribution in [1.29, 1.82) is 0 Å². The van der Waals surface area contributed by atoms with E-state index >= 15 is 0 Å². The molecule has 2 N–H and O–H groups in total. The smallest absolute Gasteiger partial charge is 0.261 e. The van der Waals surface area contributed by atoms with Crippen molar-refractivity contribution in [1.82, 2.24) is 9.55 Å². The third-order valence-corrected chi connectivity index (χ3v) is 6.57. The first-order valence-electron chi connectivity index (χ1n) is 11.8. The fourth-order valence-corrected chi connectivity index (χ4v) is 4.61. The lowest BCUT2D eigenvalue weighted by atomic mass is 10.0. The van der Waals surface area contributed by atoms with Crippen LogP contribution in [0.25, 0.3) is 33.4 Å². The Morgan fingerprint density at radius 1 is 0.865 bits per heavy atom. The number of fused-ring (bicyclic) bond motifs is 1. The van der Waals surface area contributed by atoms with Crippen LogP contribution in [0.2, 0.25) is 5.02 Å². The molecule has 186 valence electrons. The van der Waals surface area contributed by atoms with E-state index in [1.54, 1.807) is 37.0 Å². The van der Waals surface area contributed by atoms with E-state index in [0.29, 0.717) is 46.2 Å². The predicted octanol–water partition coefficient (Wildman–Crippen LogP) is 5.91. The number of nitrogens with zero attached hydrogens (tertiary/aromatic N) is 2. The highest BCUT2D eigenvalue weighted by molar-refractivity contribution is 6.31. The molecule has 0 aliphatic rings. The van der Waals surface area contributed by atoms with Crippen LogP contribution in [0.5, 0.6) is 11.5 Å². The molecule has 1 aromatic heterocycles. The van der Waals surface area contributed by atoms with Crippen molar-refractivity contribution in [3.8, 4) is 34.0 Å². The summed E-state index contributed by atoms with van der Waals surface area (Å²) in [6.07, 6.45) is 0. The zero-order valence-corrected chi connectivity index (χ0v) is 21.3. The van der Waals surface area contributed by atoms with Gasteiger partial charge in [-0.25, -0.2) is 4.98 Å². The first-order valence-corrected chi connectivity index (χ1v) is 12.2. The second-order valence-electron chi connectivity index (χ2n) is 8.66. The molecule has 0 radical (unpaired) electrons. The van der Waals surface area contributed by atoms with Crippen LogP contribution >= 0.6 is 11.6 Å². The molecule has 0 saturated heterocycles. The fraction of sp³-hybridized carbons (Fsp3) is 0.133. The molecule has 5 aromatic rings. The van der Waals surface area contributed by atoms with E-state index in [1.807, 2.05) is 66.7 Å². The second-order valence-corrected chi connectivity index (χ2v) is 9.10. The molecule has 0 atom stereocenters. The van der Waals surface area contributed by atoms with E-state index in [2.05, 4.69) is 0 Å². The largest absolute Gasteiger partial charge is 0.497 e. The van der Waals surface area contributed by atoms with Gasteiger partial charge in [-0.2, -0.15) is 0 Å². The van der Waals surface area contributed by atoms with Crippen LogP contribution in [0.4, 0.5) is 0 Å². The van der Waals surface area contributed by atoms with E-state index in [0.717, 1.165) is 28.0 Å². The highest BCUT2D eigenvalue weighted by atomic mass is 35.5. The van der Waals surface area contributed by atoms with Gasteiger partial charge in [0.15, 0.2) is 0 Å². The molecule has 7 heteroatoms. The van der Waals surface area contributed by atoms with Crippen molar-refractivity contribution in [2.75, 3.05) is 14.2 Å². The van der Waals surface area contributed by atoms with E-state index in [1.165, 1.54) is 0 Å². The van der Waals surface area contributed by atoms with E-state index in [4.69, 9.17) is 31.8 Å². The Bertz CT molecular complexity index is 1660. The van der Waals surface area contributed by atoms with Crippen molar-refractivity contribution in [3.63, 3.8) is 0 Å². The monoisotopic (exact) mass is 511 g/mol. The molecular formula is C30H26ClN3O3. The minimum atomic E-state index is -0.159. The number of aromatic nitrogens is 2. The molecule has 5 rings (SSSR count). The highest BCUT2D eigenvalue weighted by Crippen LogP contribution is 2.35. The van der Waals surface area contributed by atoms with Gasteiger partial charge in [-0.05, 0) is 64.7 Å². The van der Waals surface area contributed by atoms with Crippen LogP contribution in [0.3, 0.4) is 0 Å². The van der Waals surface area contributed by atoms with Crippen LogP contribution < -0.4 is 20.8 Å². The summed E-state index contributed by atoms with van der Waals surface area (Å²) >= 11 is 6.25. The van der Waals surface area contributed by atoms with Crippen LogP contribution in [0.15, 0.2) is 89.7 Å². The van der Waals surface area contributed by atoms with Crippen molar-refractivity contribution in [2.24, 2.45) is 5.73 Å². The standard InChI is InChI=1S/C30H26ClN3O3/c1-36-24-8-4-7-21(14-24)22-9-11-26(28(15-22)37-2)29-33-27-16-23(31)10-12-25(27)30(35)34(29)18-20-6-3-5-19(13-20)17-32/h3-16H,17-18,32H2,1-2H3. The molecule has 0 amide bonds. The SMILES string of the molecule is COc1cccc(-c2ccc(-c3nc4cc(Cl)ccc4c(=O)n3Cc3cccc(CN)c3)c(OC)c2)c1. The zero-order chi connectivity index (χ0) is 25.9. The van der Waals surface area contributed by atoms with Crippen LogP contribution in [-0.4, -0.2) is 23.8 Å². The summed E-state index contributed by atoms with van der Waals surface area (Å²) in [5, 5.41) is 1.01. The minimum absolute atomic E-state index is 0.159. The summed E-state index contributed by atoms with van der Waals surface area (Å²) in [5.74, 6) is 1.85. The zero-order valence-electron chi connectivity index (χ0n) is 20.6. The van der Waals surface area contributed by atoms with E-state index < -0.39 is 0 Å². The Morgan fingerprint density at radius 2 is 1.65 bits per heavy atom. The van der Waals surface area contributed by atoms with Crippen LogP contribution in [0.1, 0.15) is 11.1 Å². The van der Waals surface area contributed by atoms with E-state index in [9.17, 15) is 4.79 Å². The Balaban J connectivity index is 1.70. The van der Waals surface area contributed by atoms with Gasteiger partial charge in [-0.3, -0.25) is 9.36 Å². The lowest BCUT2D eigenvalue weighted by molar-refractivity contribution is 0.414. The van der Waals surface area contributed by atoms with Gasteiger partial charge in [0.25, 0.3) is 5.56 Å². The molecule has 6 nitrogen and oxygen atoms in total. The molecular weight excluding hydrogens is 486 g/mol. The predicted molar refractivity (Wildman–Crippen MR) is 148 cm³/mol. The summed E-state index contributed by atoms with van der Waals surface area (Å²) in [7, 11) is 3.25. The average molecular weight is 512 g/mol. The number of nitrogens with two attached hydrogens (primary N) is 1. The molecule has 0 unspecified atom stereocenters. The van der Waals surface area contributed by atoms with Gasteiger partial charge in [0.05, 0.1) is 37.2 Å². The number of benzene rings is 4. The maximum absolute atomic E-state index is 13.8. The van der Waals surface area contributed by atoms with Gasteiger partial charge in [0.2, 0.25) is 0 Å². The van der Waals surface area contributed by atoms with Gasteiger partial charge in [-0.15, -0.1) is 0 Å². The molecule has 4 aromatic carbocycles. The molecule has 0 spiro atoms. The summed E-state index contributed by atoms with van der Waals surface area (Å²) in [6.45, 7) is 0.748. The lowest BCUT2D eigenvalue weighted by Gasteiger charge is -2.17. The van der Waals surface area contributed by atoms with Gasteiger partial charge in [0, 0.05) is 11.6 Å². The number of methoxy groups -OCH3 is 2. The maximum Gasteiger partial charge on any atom is 0.261 e.